The summed E-state index contributed by atoms with van der Waals surface area (Å²) in [5.74, 6) is 0.578. The van der Waals surface area contributed by atoms with E-state index in [1.165, 1.54) is 16.5 Å². The van der Waals surface area contributed by atoms with Crippen LogP contribution in [0.25, 0.3) is 10.9 Å². The van der Waals surface area contributed by atoms with Crippen LogP contribution in [0.1, 0.15) is 25.3 Å². The third-order valence-electron chi connectivity index (χ3n) is 2.18. The zero-order valence-corrected chi connectivity index (χ0v) is 10.8. The van der Waals surface area contributed by atoms with E-state index in [4.69, 9.17) is 0 Å². The third kappa shape index (κ3) is 2.03. The van der Waals surface area contributed by atoms with Crippen molar-refractivity contribution in [3.8, 4) is 0 Å². The number of H-pyrrole nitrogens is 1. The van der Waals surface area contributed by atoms with Crippen LogP contribution in [0.5, 0.6) is 0 Å². The van der Waals surface area contributed by atoms with Crippen molar-refractivity contribution < 1.29 is 32.7 Å². The van der Waals surface area contributed by atoms with Gasteiger partial charge in [0, 0.05) is 32.7 Å². The fourth-order valence-corrected chi connectivity index (χ4v) is 1.51. The van der Waals surface area contributed by atoms with E-state index in [0.29, 0.717) is 5.92 Å². The molecule has 1 radical (unpaired) electrons. The van der Waals surface area contributed by atoms with Gasteiger partial charge in [-0.25, -0.2) is 0 Å². The van der Waals surface area contributed by atoms with E-state index >= 15 is 0 Å². The molecule has 65 valence electrons. The summed E-state index contributed by atoms with van der Waals surface area (Å²) in [4.78, 5) is 3.25. The number of rotatable bonds is 1. The molecular weight excluding hydrogens is 235 g/mol. The number of aromatic amines is 1. The largest absolute Gasteiger partial charge is 0.384 e. The number of nitrogens with one attached hydrogen (secondary N) is 1. The average Bonchev–Trinajstić information content (AvgIpc) is 2.47. The maximum atomic E-state index is 3.25. The monoisotopic (exact) mass is 247 g/mol. The summed E-state index contributed by atoms with van der Waals surface area (Å²) in [7, 11) is 0. The van der Waals surface area contributed by atoms with Crippen LogP contribution in [0.3, 0.4) is 0 Å². The van der Waals surface area contributed by atoms with Gasteiger partial charge >= 0.3 is 0 Å². The molecule has 0 fully saturated rings. The van der Waals surface area contributed by atoms with Gasteiger partial charge in [0.05, 0.1) is 0 Å². The Labute approximate surface area is 104 Å². The van der Waals surface area contributed by atoms with Crippen LogP contribution in [0.15, 0.2) is 24.4 Å². The first-order valence-electron chi connectivity index (χ1n) is 4.26. The second-order valence-electron chi connectivity index (χ2n) is 3.37. The summed E-state index contributed by atoms with van der Waals surface area (Å²) in [6, 6.07) is 9.13. The molecule has 0 aliphatic heterocycles. The van der Waals surface area contributed by atoms with Crippen molar-refractivity contribution >= 4 is 10.9 Å². The standard InChI is InChI=1S/C11H12N.Y/c1-8(2)10-7-12-11-6-4-3-5-9(10)11;/h4-8,12H,1-2H3;/q-1;. The Kier molecular flexibility index (Phi) is 3.69. The maximum absolute atomic E-state index is 3.25. The Balaban J connectivity index is 0.000000845. The Hall–Kier alpha value is -0.136. The fraction of sp³-hybridized carbons (Fsp3) is 0.273. The van der Waals surface area contributed by atoms with Crippen LogP contribution in [0.4, 0.5) is 0 Å². The van der Waals surface area contributed by atoms with E-state index in [9.17, 15) is 0 Å². The first kappa shape index (κ1) is 10.9. The van der Waals surface area contributed by atoms with Crippen LogP contribution in [0, 0.1) is 6.07 Å². The first-order valence-corrected chi connectivity index (χ1v) is 4.26. The van der Waals surface area contributed by atoms with Gasteiger partial charge in [0.25, 0.3) is 0 Å². The van der Waals surface area contributed by atoms with Crippen LogP contribution < -0.4 is 0 Å². The predicted octanol–water partition coefficient (Wildman–Crippen LogP) is 3.09. The zero-order valence-electron chi connectivity index (χ0n) is 7.96. The summed E-state index contributed by atoms with van der Waals surface area (Å²) in [6.45, 7) is 4.41. The molecule has 1 aromatic heterocycles. The number of aromatic nitrogens is 1. The van der Waals surface area contributed by atoms with Gasteiger partial charge < -0.3 is 4.98 Å². The van der Waals surface area contributed by atoms with Gasteiger partial charge in [0.15, 0.2) is 0 Å². The maximum Gasteiger partial charge on any atom is 0 e. The molecule has 0 saturated heterocycles. The number of hydrogen-bond acceptors (Lipinski definition) is 0. The van der Waals surface area contributed by atoms with Gasteiger partial charge in [-0.05, 0) is 12.1 Å². The summed E-state index contributed by atoms with van der Waals surface area (Å²) in [6.07, 6.45) is 2.09. The predicted molar refractivity (Wildman–Crippen MR) is 51.2 cm³/mol. The van der Waals surface area contributed by atoms with Crippen LogP contribution >= 0.6 is 0 Å². The molecule has 13 heavy (non-hydrogen) atoms. The summed E-state index contributed by atoms with van der Waals surface area (Å²) in [5, 5.41) is 1.30. The Morgan fingerprint density at radius 1 is 1.38 bits per heavy atom. The van der Waals surface area contributed by atoms with Crippen molar-refractivity contribution in [2.75, 3.05) is 0 Å². The van der Waals surface area contributed by atoms with Crippen molar-refractivity contribution in [3.63, 3.8) is 0 Å². The normalized spacial score (nSPS) is 10.4. The topological polar surface area (TPSA) is 15.8 Å². The molecule has 0 saturated carbocycles. The molecule has 1 N–H and O–H groups in total. The van der Waals surface area contributed by atoms with Crippen molar-refractivity contribution in [3.05, 3.63) is 36.0 Å². The SMILES string of the molecule is CC(C)c1c[nH]c2cc[c-]cc12.[Y]. The molecule has 0 spiro atoms. The molecule has 1 aromatic carbocycles. The van der Waals surface area contributed by atoms with Crippen molar-refractivity contribution in [1.82, 2.24) is 4.98 Å². The molecule has 2 heteroatoms. The fourth-order valence-electron chi connectivity index (χ4n) is 1.51. The molecule has 1 heterocycles. The van der Waals surface area contributed by atoms with Gasteiger partial charge in [0.2, 0.25) is 0 Å². The second-order valence-corrected chi connectivity index (χ2v) is 3.37. The average molecular weight is 247 g/mol. The summed E-state index contributed by atoms with van der Waals surface area (Å²) < 4.78 is 0. The number of hydrogen-bond donors (Lipinski definition) is 1. The smallest absolute Gasteiger partial charge is 0 e. The minimum atomic E-state index is 0. The van der Waals surface area contributed by atoms with Gasteiger partial charge in [-0.1, -0.05) is 24.9 Å². The van der Waals surface area contributed by atoms with E-state index in [0.717, 1.165) is 0 Å². The second kappa shape index (κ2) is 4.39. The van der Waals surface area contributed by atoms with Gasteiger partial charge in [0.1, 0.15) is 0 Å². The third-order valence-corrected chi connectivity index (χ3v) is 2.18. The molecular formula is C11H12NY-. The van der Waals surface area contributed by atoms with Crippen LogP contribution in [-0.4, -0.2) is 4.98 Å². The van der Waals surface area contributed by atoms with E-state index in [1.54, 1.807) is 0 Å². The minimum Gasteiger partial charge on any atom is -0.384 e. The van der Waals surface area contributed by atoms with E-state index in [-0.39, 0.29) is 32.7 Å². The number of benzene rings is 1. The van der Waals surface area contributed by atoms with Gasteiger partial charge in [-0.15, -0.1) is 11.5 Å². The van der Waals surface area contributed by atoms with E-state index < -0.39 is 0 Å². The molecule has 0 bridgehead atoms. The van der Waals surface area contributed by atoms with Crippen molar-refractivity contribution in [1.29, 1.82) is 0 Å². The Morgan fingerprint density at radius 2 is 2.15 bits per heavy atom. The summed E-state index contributed by atoms with van der Waals surface area (Å²) in [5.41, 5.74) is 2.58. The molecule has 2 aromatic rings. The van der Waals surface area contributed by atoms with Gasteiger partial charge in [-0.3, -0.25) is 0 Å². The molecule has 1 nitrogen and oxygen atoms in total. The molecule has 2 rings (SSSR count). The summed E-state index contributed by atoms with van der Waals surface area (Å²) >= 11 is 0. The van der Waals surface area contributed by atoms with E-state index in [2.05, 4.69) is 37.2 Å². The van der Waals surface area contributed by atoms with Gasteiger partial charge in [-0.2, -0.15) is 18.2 Å². The molecule has 0 aliphatic rings. The first-order chi connectivity index (χ1) is 5.79. The Morgan fingerprint density at radius 3 is 2.85 bits per heavy atom. The van der Waals surface area contributed by atoms with Crippen LogP contribution in [0.2, 0.25) is 0 Å². The number of fused-ring (bicyclic) bond motifs is 1. The molecule has 0 atom stereocenters. The minimum absolute atomic E-state index is 0. The van der Waals surface area contributed by atoms with Crippen LogP contribution in [-0.2, 0) is 32.7 Å². The van der Waals surface area contributed by atoms with Crippen molar-refractivity contribution in [2.45, 2.75) is 19.8 Å². The molecule has 0 unspecified atom stereocenters. The Bertz CT molecular complexity index is 390. The molecule has 0 aliphatic carbocycles. The zero-order chi connectivity index (χ0) is 8.55. The molecule has 0 amide bonds. The quantitative estimate of drug-likeness (QED) is 0.745. The van der Waals surface area contributed by atoms with Crippen molar-refractivity contribution in [2.24, 2.45) is 0 Å². The van der Waals surface area contributed by atoms with E-state index in [1.807, 2.05) is 12.1 Å².